The smallest absolute Gasteiger partial charge is 0.328 e. The second-order valence-electron chi connectivity index (χ2n) is 3.41. The minimum Gasteiger partial charge on any atom is -0.469 e. The molecule has 0 bridgehead atoms. The van der Waals surface area contributed by atoms with Gasteiger partial charge in [-0.3, -0.25) is 23.9 Å². The Morgan fingerprint density at radius 1 is 1.44 bits per heavy atom. The fourth-order valence-corrected chi connectivity index (χ4v) is 1.19. The summed E-state index contributed by atoms with van der Waals surface area (Å²) in [5, 5.41) is 2.45. The molecular weight excluding hydrogens is 242 g/mol. The van der Waals surface area contributed by atoms with Crippen molar-refractivity contribution in [2.75, 3.05) is 13.7 Å². The number of ether oxygens (including phenoxy) is 1. The van der Waals surface area contributed by atoms with Crippen molar-refractivity contribution >= 4 is 11.9 Å². The van der Waals surface area contributed by atoms with E-state index in [-0.39, 0.29) is 19.5 Å². The third kappa shape index (κ3) is 4.24. The lowest BCUT2D eigenvalue weighted by atomic mass is 10.4. The number of esters is 1. The first-order valence-electron chi connectivity index (χ1n) is 5.16. The average molecular weight is 255 g/mol. The highest BCUT2D eigenvalue weighted by Gasteiger charge is 2.05. The van der Waals surface area contributed by atoms with E-state index in [2.05, 4.69) is 10.1 Å². The molecule has 0 aliphatic heterocycles. The predicted molar refractivity (Wildman–Crippen MR) is 61.0 cm³/mol. The molecule has 0 fully saturated rings. The zero-order valence-electron chi connectivity index (χ0n) is 9.76. The van der Waals surface area contributed by atoms with E-state index in [9.17, 15) is 19.2 Å². The van der Waals surface area contributed by atoms with Crippen LogP contribution in [0.3, 0.4) is 0 Å². The molecule has 1 rings (SSSR count). The average Bonchev–Trinajstić information content (AvgIpc) is 2.32. The van der Waals surface area contributed by atoms with E-state index < -0.39 is 23.1 Å². The Hall–Kier alpha value is -2.38. The maximum Gasteiger partial charge on any atom is 0.328 e. The highest BCUT2D eigenvalue weighted by Crippen LogP contribution is 1.83. The van der Waals surface area contributed by atoms with Crippen molar-refractivity contribution in [3.05, 3.63) is 33.1 Å². The summed E-state index contributed by atoms with van der Waals surface area (Å²) >= 11 is 0. The lowest BCUT2D eigenvalue weighted by Crippen LogP contribution is -2.36. The summed E-state index contributed by atoms with van der Waals surface area (Å²) in [4.78, 5) is 46.2. The van der Waals surface area contributed by atoms with Gasteiger partial charge in [0.1, 0.15) is 6.54 Å². The Labute approximate surface area is 102 Å². The zero-order chi connectivity index (χ0) is 13.5. The van der Waals surface area contributed by atoms with E-state index in [0.29, 0.717) is 0 Å². The maximum absolute atomic E-state index is 11.4. The molecular formula is C10H13N3O5. The second-order valence-corrected chi connectivity index (χ2v) is 3.41. The standard InChI is InChI=1S/C10H13N3O5/c1-18-9(16)2-4-11-8(15)6-13-5-3-7(14)12-10(13)17/h3,5H,2,4,6H2,1H3,(H,11,15)(H,12,14,17). The first kappa shape index (κ1) is 13.7. The van der Waals surface area contributed by atoms with E-state index in [4.69, 9.17) is 0 Å². The van der Waals surface area contributed by atoms with Gasteiger partial charge in [0.15, 0.2) is 0 Å². The van der Waals surface area contributed by atoms with Crippen LogP contribution in [0.5, 0.6) is 0 Å². The van der Waals surface area contributed by atoms with Gasteiger partial charge in [0.2, 0.25) is 5.91 Å². The fraction of sp³-hybridized carbons (Fsp3) is 0.400. The van der Waals surface area contributed by atoms with Gasteiger partial charge < -0.3 is 10.1 Å². The lowest BCUT2D eigenvalue weighted by Gasteiger charge is -2.05. The number of methoxy groups -OCH3 is 1. The summed E-state index contributed by atoms with van der Waals surface area (Å²) in [6.45, 7) is -0.0968. The molecule has 1 aromatic heterocycles. The molecule has 1 aromatic rings. The van der Waals surface area contributed by atoms with Crippen LogP contribution in [0.2, 0.25) is 0 Å². The van der Waals surface area contributed by atoms with Crippen LogP contribution in [0.15, 0.2) is 21.9 Å². The molecule has 0 aliphatic carbocycles. The normalized spacial score (nSPS) is 9.83. The summed E-state index contributed by atoms with van der Waals surface area (Å²) < 4.78 is 5.45. The lowest BCUT2D eigenvalue weighted by molar-refractivity contribution is -0.140. The number of nitrogens with one attached hydrogen (secondary N) is 2. The number of amides is 1. The molecule has 0 spiro atoms. The summed E-state index contributed by atoms with van der Waals surface area (Å²) in [7, 11) is 1.25. The monoisotopic (exact) mass is 255 g/mol. The van der Waals surface area contributed by atoms with Gasteiger partial charge >= 0.3 is 11.7 Å². The van der Waals surface area contributed by atoms with Gasteiger partial charge in [-0.2, -0.15) is 0 Å². The molecule has 0 atom stereocenters. The van der Waals surface area contributed by atoms with Gasteiger partial charge in [-0.15, -0.1) is 0 Å². The molecule has 8 nitrogen and oxygen atoms in total. The zero-order valence-corrected chi connectivity index (χ0v) is 9.76. The van der Waals surface area contributed by atoms with Gasteiger partial charge in [0, 0.05) is 18.8 Å². The van der Waals surface area contributed by atoms with Gasteiger partial charge in [-0.05, 0) is 0 Å². The SMILES string of the molecule is COC(=O)CCNC(=O)Cn1ccc(=O)[nH]c1=O. The van der Waals surface area contributed by atoms with E-state index in [1.54, 1.807) is 0 Å². The molecule has 2 N–H and O–H groups in total. The Bertz CT molecular complexity index is 545. The number of H-pyrrole nitrogens is 1. The predicted octanol–water partition coefficient (Wildman–Crippen LogP) is -1.78. The molecule has 0 aromatic carbocycles. The van der Waals surface area contributed by atoms with Crippen LogP contribution in [-0.2, 0) is 20.9 Å². The second kappa shape index (κ2) is 6.38. The van der Waals surface area contributed by atoms with Gasteiger partial charge in [-0.1, -0.05) is 0 Å². The first-order valence-corrected chi connectivity index (χ1v) is 5.16. The molecule has 0 radical (unpaired) electrons. The molecule has 0 unspecified atom stereocenters. The van der Waals surface area contributed by atoms with Crippen LogP contribution in [0.25, 0.3) is 0 Å². The van der Waals surface area contributed by atoms with Crippen molar-refractivity contribution < 1.29 is 14.3 Å². The highest BCUT2D eigenvalue weighted by molar-refractivity contribution is 5.76. The number of aromatic nitrogens is 2. The molecule has 0 aliphatic rings. The number of nitrogens with zero attached hydrogens (tertiary/aromatic N) is 1. The van der Waals surface area contributed by atoms with Crippen LogP contribution in [0.4, 0.5) is 0 Å². The third-order valence-electron chi connectivity index (χ3n) is 2.09. The van der Waals surface area contributed by atoms with Crippen LogP contribution >= 0.6 is 0 Å². The van der Waals surface area contributed by atoms with Crippen molar-refractivity contribution in [3.63, 3.8) is 0 Å². The summed E-state index contributed by atoms with van der Waals surface area (Å²) in [6.07, 6.45) is 1.28. The largest absolute Gasteiger partial charge is 0.469 e. The Morgan fingerprint density at radius 3 is 2.78 bits per heavy atom. The maximum atomic E-state index is 11.4. The van der Waals surface area contributed by atoms with Crippen LogP contribution < -0.4 is 16.6 Å². The summed E-state index contributed by atoms with van der Waals surface area (Å²) in [5.74, 6) is -0.871. The van der Waals surface area contributed by atoms with Crippen molar-refractivity contribution in [1.29, 1.82) is 0 Å². The molecule has 1 amide bonds. The molecule has 8 heteroatoms. The number of hydrogen-bond acceptors (Lipinski definition) is 5. The van der Waals surface area contributed by atoms with E-state index in [1.165, 1.54) is 13.3 Å². The minimum absolute atomic E-state index is 0.0583. The van der Waals surface area contributed by atoms with E-state index >= 15 is 0 Å². The number of rotatable bonds is 5. The van der Waals surface area contributed by atoms with Crippen molar-refractivity contribution in [2.45, 2.75) is 13.0 Å². The van der Waals surface area contributed by atoms with Crippen molar-refractivity contribution in [2.24, 2.45) is 0 Å². The van der Waals surface area contributed by atoms with Crippen LogP contribution in [0.1, 0.15) is 6.42 Å². The van der Waals surface area contributed by atoms with Gasteiger partial charge in [-0.25, -0.2) is 4.79 Å². The first-order chi connectivity index (χ1) is 8.52. The number of hydrogen-bond donors (Lipinski definition) is 2. The number of carbonyl (C=O) groups is 2. The minimum atomic E-state index is -0.661. The topological polar surface area (TPSA) is 110 Å². The molecule has 0 saturated carbocycles. The quantitative estimate of drug-likeness (QED) is 0.604. The van der Waals surface area contributed by atoms with Crippen molar-refractivity contribution in [3.8, 4) is 0 Å². The number of carbonyl (C=O) groups excluding carboxylic acids is 2. The van der Waals surface area contributed by atoms with Gasteiger partial charge in [0.25, 0.3) is 5.56 Å². The van der Waals surface area contributed by atoms with Gasteiger partial charge in [0.05, 0.1) is 13.5 Å². The fourth-order valence-electron chi connectivity index (χ4n) is 1.19. The Balaban J connectivity index is 2.47. The Kier molecular flexibility index (Phi) is 4.85. The Morgan fingerprint density at radius 2 is 2.17 bits per heavy atom. The molecule has 1 heterocycles. The van der Waals surface area contributed by atoms with Crippen LogP contribution in [0, 0.1) is 0 Å². The van der Waals surface area contributed by atoms with E-state index in [1.807, 2.05) is 4.98 Å². The summed E-state index contributed by atoms with van der Waals surface area (Å²) in [5.41, 5.74) is -1.19. The molecule has 18 heavy (non-hydrogen) atoms. The highest BCUT2D eigenvalue weighted by atomic mass is 16.5. The van der Waals surface area contributed by atoms with Crippen LogP contribution in [-0.4, -0.2) is 35.1 Å². The third-order valence-corrected chi connectivity index (χ3v) is 2.09. The molecule has 98 valence electrons. The molecule has 0 saturated heterocycles. The summed E-state index contributed by atoms with van der Waals surface area (Å²) in [6, 6.07) is 1.14. The number of aromatic amines is 1. The van der Waals surface area contributed by atoms with E-state index in [0.717, 1.165) is 10.6 Å². The van der Waals surface area contributed by atoms with Crippen molar-refractivity contribution in [1.82, 2.24) is 14.9 Å².